The summed E-state index contributed by atoms with van der Waals surface area (Å²) in [5, 5.41) is 10.6. The molecule has 0 aliphatic rings. The summed E-state index contributed by atoms with van der Waals surface area (Å²) in [6, 6.07) is 6.26. The Morgan fingerprint density at radius 2 is 1.26 bits per heavy atom. The largest absolute Gasteiger partial charge is 0.507 e. The highest BCUT2D eigenvalue weighted by atomic mass is 16.3. The van der Waals surface area contributed by atoms with Gasteiger partial charge in [0, 0.05) is 5.56 Å². The third kappa shape index (κ3) is 2.03. The first-order valence-corrected chi connectivity index (χ1v) is 6.72. The van der Waals surface area contributed by atoms with Gasteiger partial charge in [-0.1, -0.05) is 18.2 Å². The SMILES string of the molecule is Cc1cccc(-c2c(C)c(C)c(C)c(C)c2O)c1C. The van der Waals surface area contributed by atoms with Gasteiger partial charge in [-0.15, -0.1) is 0 Å². The second kappa shape index (κ2) is 4.73. The lowest BCUT2D eigenvalue weighted by molar-refractivity contribution is 0.472. The van der Waals surface area contributed by atoms with Crippen molar-refractivity contribution in [3.05, 3.63) is 51.6 Å². The molecule has 0 radical (unpaired) electrons. The van der Waals surface area contributed by atoms with E-state index >= 15 is 0 Å². The predicted molar refractivity (Wildman–Crippen MR) is 82.0 cm³/mol. The number of hydrogen-bond acceptors (Lipinski definition) is 1. The summed E-state index contributed by atoms with van der Waals surface area (Å²) in [4.78, 5) is 0. The van der Waals surface area contributed by atoms with Gasteiger partial charge in [-0.3, -0.25) is 0 Å². The lowest BCUT2D eigenvalue weighted by Crippen LogP contribution is -1.98. The zero-order valence-corrected chi connectivity index (χ0v) is 12.7. The standard InChI is InChI=1S/C18H22O/c1-10-8-7-9-16(11(10)2)17-14(5)12(3)13(4)15(6)18(17)19/h7-9,19H,1-6H3. The van der Waals surface area contributed by atoms with Crippen molar-refractivity contribution in [1.82, 2.24) is 0 Å². The number of hydrogen-bond donors (Lipinski definition) is 1. The fraction of sp³-hybridized carbons (Fsp3) is 0.333. The van der Waals surface area contributed by atoms with E-state index in [9.17, 15) is 5.11 Å². The van der Waals surface area contributed by atoms with Gasteiger partial charge in [-0.05, 0) is 80.5 Å². The number of rotatable bonds is 1. The summed E-state index contributed by atoms with van der Waals surface area (Å²) in [6.45, 7) is 12.5. The number of phenolic OH excluding ortho intramolecular Hbond substituents is 1. The van der Waals surface area contributed by atoms with Gasteiger partial charge < -0.3 is 5.11 Å². The number of phenols is 1. The number of benzene rings is 2. The summed E-state index contributed by atoms with van der Waals surface area (Å²) in [7, 11) is 0. The van der Waals surface area contributed by atoms with Crippen molar-refractivity contribution in [3.63, 3.8) is 0 Å². The molecule has 19 heavy (non-hydrogen) atoms. The Morgan fingerprint density at radius 1 is 0.684 bits per heavy atom. The fourth-order valence-electron chi connectivity index (χ4n) is 2.64. The minimum Gasteiger partial charge on any atom is -0.507 e. The molecule has 2 aromatic carbocycles. The van der Waals surface area contributed by atoms with Gasteiger partial charge in [0.05, 0.1) is 0 Å². The molecule has 0 unspecified atom stereocenters. The monoisotopic (exact) mass is 254 g/mol. The molecule has 1 N–H and O–H groups in total. The van der Waals surface area contributed by atoms with E-state index in [1.165, 1.54) is 27.8 Å². The molecule has 0 aliphatic heterocycles. The normalized spacial score (nSPS) is 10.8. The molecule has 1 nitrogen and oxygen atoms in total. The van der Waals surface area contributed by atoms with Crippen molar-refractivity contribution in [3.8, 4) is 16.9 Å². The van der Waals surface area contributed by atoms with E-state index in [0.717, 1.165) is 16.7 Å². The van der Waals surface area contributed by atoms with Crippen molar-refractivity contribution >= 4 is 0 Å². The fourth-order valence-corrected chi connectivity index (χ4v) is 2.64. The van der Waals surface area contributed by atoms with Gasteiger partial charge >= 0.3 is 0 Å². The van der Waals surface area contributed by atoms with Crippen molar-refractivity contribution in [2.45, 2.75) is 41.5 Å². The molecule has 1 heteroatoms. The van der Waals surface area contributed by atoms with Crippen LogP contribution in [0.5, 0.6) is 5.75 Å². The Hall–Kier alpha value is -1.76. The first-order valence-electron chi connectivity index (χ1n) is 6.72. The van der Waals surface area contributed by atoms with E-state index in [-0.39, 0.29) is 0 Å². The average Bonchev–Trinajstić information content (AvgIpc) is 2.39. The molecule has 0 fully saturated rings. The van der Waals surface area contributed by atoms with E-state index in [1.54, 1.807) is 0 Å². The van der Waals surface area contributed by atoms with Crippen LogP contribution in [0.2, 0.25) is 0 Å². The van der Waals surface area contributed by atoms with Gasteiger partial charge in [-0.2, -0.15) is 0 Å². The predicted octanol–water partition coefficient (Wildman–Crippen LogP) is 4.91. The molecule has 0 bridgehead atoms. The molecular formula is C18H22O. The smallest absolute Gasteiger partial charge is 0.126 e. The van der Waals surface area contributed by atoms with Crippen LogP contribution in [-0.4, -0.2) is 5.11 Å². The van der Waals surface area contributed by atoms with Crippen LogP contribution in [0, 0.1) is 41.5 Å². The Morgan fingerprint density at radius 3 is 1.89 bits per heavy atom. The number of aromatic hydroxyl groups is 1. The van der Waals surface area contributed by atoms with Crippen molar-refractivity contribution in [2.75, 3.05) is 0 Å². The molecule has 0 saturated carbocycles. The Balaban J connectivity index is 2.87. The minimum absolute atomic E-state index is 0.425. The Labute approximate surface area is 115 Å². The Bertz CT molecular complexity index is 622. The second-order valence-electron chi connectivity index (χ2n) is 5.47. The van der Waals surface area contributed by atoms with Gasteiger partial charge in [-0.25, -0.2) is 0 Å². The lowest BCUT2D eigenvalue weighted by Gasteiger charge is -2.19. The first-order chi connectivity index (χ1) is 8.86. The quantitative estimate of drug-likeness (QED) is 0.766. The summed E-state index contributed by atoms with van der Waals surface area (Å²) < 4.78 is 0. The Kier molecular flexibility index (Phi) is 3.40. The van der Waals surface area contributed by atoms with Gasteiger partial charge in [0.2, 0.25) is 0 Å². The molecule has 0 heterocycles. The van der Waals surface area contributed by atoms with Crippen LogP contribution < -0.4 is 0 Å². The highest BCUT2D eigenvalue weighted by Gasteiger charge is 2.17. The zero-order chi connectivity index (χ0) is 14.3. The highest BCUT2D eigenvalue weighted by molar-refractivity contribution is 5.80. The highest BCUT2D eigenvalue weighted by Crippen LogP contribution is 2.40. The summed E-state index contributed by atoms with van der Waals surface area (Å²) >= 11 is 0. The van der Waals surface area contributed by atoms with Crippen molar-refractivity contribution < 1.29 is 5.11 Å². The van der Waals surface area contributed by atoms with Gasteiger partial charge in [0.1, 0.15) is 5.75 Å². The average molecular weight is 254 g/mol. The first kappa shape index (κ1) is 13.7. The van der Waals surface area contributed by atoms with Crippen LogP contribution in [0.3, 0.4) is 0 Å². The molecule has 0 spiro atoms. The molecule has 2 rings (SSSR count). The molecule has 0 atom stereocenters. The van der Waals surface area contributed by atoms with Crippen LogP contribution in [0.25, 0.3) is 11.1 Å². The van der Waals surface area contributed by atoms with E-state index in [1.807, 2.05) is 6.92 Å². The minimum atomic E-state index is 0.425. The van der Waals surface area contributed by atoms with Crippen LogP contribution in [0.4, 0.5) is 0 Å². The van der Waals surface area contributed by atoms with E-state index in [2.05, 4.69) is 52.8 Å². The maximum Gasteiger partial charge on any atom is 0.126 e. The van der Waals surface area contributed by atoms with Gasteiger partial charge in [0.15, 0.2) is 0 Å². The third-order valence-corrected chi connectivity index (χ3v) is 4.53. The summed E-state index contributed by atoms with van der Waals surface area (Å²) in [5.74, 6) is 0.425. The van der Waals surface area contributed by atoms with E-state index in [4.69, 9.17) is 0 Å². The zero-order valence-electron chi connectivity index (χ0n) is 12.7. The molecular weight excluding hydrogens is 232 g/mol. The molecule has 0 aromatic heterocycles. The van der Waals surface area contributed by atoms with E-state index < -0.39 is 0 Å². The second-order valence-corrected chi connectivity index (χ2v) is 5.47. The van der Waals surface area contributed by atoms with Crippen LogP contribution in [0.1, 0.15) is 33.4 Å². The maximum absolute atomic E-state index is 10.6. The van der Waals surface area contributed by atoms with Crippen LogP contribution >= 0.6 is 0 Å². The van der Waals surface area contributed by atoms with Gasteiger partial charge in [0.25, 0.3) is 0 Å². The van der Waals surface area contributed by atoms with Crippen LogP contribution in [0.15, 0.2) is 18.2 Å². The molecule has 100 valence electrons. The molecule has 2 aromatic rings. The van der Waals surface area contributed by atoms with Crippen molar-refractivity contribution in [2.24, 2.45) is 0 Å². The van der Waals surface area contributed by atoms with Crippen molar-refractivity contribution in [1.29, 1.82) is 0 Å². The van der Waals surface area contributed by atoms with Crippen LogP contribution in [-0.2, 0) is 0 Å². The number of aryl methyl sites for hydroxylation is 1. The summed E-state index contributed by atoms with van der Waals surface area (Å²) in [6.07, 6.45) is 0. The summed E-state index contributed by atoms with van der Waals surface area (Å²) in [5.41, 5.74) is 9.24. The molecule has 0 aliphatic carbocycles. The topological polar surface area (TPSA) is 20.2 Å². The van der Waals surface area contributed by atoms with E-state index in [0.29, 0.717) is 5.75 Å². The third-order valence-electron chi connectivity index (χ3n) is 4.53. The lowest BCUT2D eigenvalue weighted by atomic mass is 9.87. The molecule has 0 saturated heterocycles. The maximum atomic E-state index is 10.6. The molecule has 0 amide bonds.